The number of piperidine rings is 1. The maximum atomic E-state index is 13.7. The van der Waals surface area contributed by atoms with Gasteiger partial charge in [0.05, 0.1) is 5.69 Å². The molecule has 2 rings (SSSR count). The fourth-order valence-corrected chi connectivity index (χ4v) is 2.42. The Morgan fingerprint density at radius 3 is 2.94 bits per heavy atom. The van der Waals surface area contributed by atoms with Crippen molar-refractivity contribution in [2.45, 2.75) is 25.8 Å². The van der Waals surface area contributed by atoms with Crippen LogP contribution in [-0.2, 0) is 4.79 Å². The molecule has 1 atom stereocenters. The van der Waals surface area contributed by atoms with Crippen molar-refractivity contribution in [2.24, 2.45) is 0 Å². The van der Waals surface area contributed by atoms with Crippen LogP contribution >= 0.6 is 15.9 Å². The largest absolute Gasteiger partial charge is 0.366 e. The first-order chi connectivity index (χ1) is 7.58. The first-order valence-corrected chi connectivity index (χ1v) is 6.10. The molecule has 0 aliphatic carbocycles. The van der Waals surface area contributed by atoms with Gasteiger partial charge in [0.15, 0.2) is 0 Å². The lowest BCUT2D eigenvalue weighted by molar-refractivity contribution is -0.120. The molecule has 1 aliphatic rings. The van der Waals surface area contributed by atoms with Crippen LogP contribution < -0.4 is 4.90 Å². The second-order valence-electron chi connectivity index (χ2n) is 4.13. The van der Waals surface area contributed by atoms with Crippen molar-refractivity contribution >= 4 is 27.4 Å². The summed E-state index contributed by atoms with van der Waals surface area (Å²) in [5, 5.41) is 0. The van der Waals surface area contributed by atoms with Gasteiger partial charge in [0.2, 0.25) is 0 Å². The van der Waals surface area contributed by atoms with Gasteiger partial charge in [-0.05, 0) is 25.1 Å². The second kappa shape index (κ2) is 4.53. The molecule has 1 aliphatic heterocycles. The number of Topliss-reactive ketones (excluding diaryl/α,β-unsaturated/α-hetero) is 1. The summed E-state index contributed by atoms with van der Waals surface area (Å²) in [6.07, 6.45) is 1.02. The Kier molecular flexibility index (Phi) is 3.28. The molecule has 1 saturated heterocycles. The van der Waals surface area contributed by atoms with Crippen LogP contribution in [0.1, 0.15) is 19.8 Å². The number of hydrogen-bond acceptors (Lipinski definition) is 2. The van der Waals surface area contributed by atoms with Crippen LogP contribution in [0.15, 0.2) is 22.7 Å². The summed E-state index contributed by atoms with van der Waals surface area (Å²) >= 11 is 3.33. The third-order valence-corrected chi connectivity index (χ3v) is 3.40. The van der Waals surface area contributed by atoms with Crippen molar-refractivity contribution in [2.75, 3.05) is 11.4 Å². The summed E-state index contributed by atoms with van der Waals surface area (Å²) in [7, 11) is 0. The highest BCUT2D eigenvalue weighted by molar-refractivity contribution is 9.10. The lowest BCUT2D eigenvalue weighted by Crippen LogP contribution is -2.41. The summed E-state index contributed by atoms with van der Waals surface area (Å²) in [6, 6.07) is 4.97. The molecule has 0 amide bonds. The summed E-state index contributed by atoms with van der Waals surface area (Å²) in [5.41, 5.74) is 0.578. The maximum Gasteiger partial charge on any atom is 0.146 e. The van der Waals surface area contributed by atoms with Gasteiger partial charge in [-0.2, -0.15) is 0 Å². The lowest BCUT2D eigenvalue weighted by Gasteiger charge is -2.34. The highest BCUT2D eigenvalue weighted by Crippen LogP contribution is 2.28. The first-order valence-electron chi connectivity index (χ1n) is 5.31. The number of carbonyl (C=O) groups excluding carboxylic acids is 1. The molecule has 1 aromatic rings. The minimum atomic E-state index is -0.232. The Bertz CT molecular complexity index is 421. The molecular formula is C12H13BrFNO. The number of halogens is 2. The number of ketones is 1. The van der Waals surface area contributed by atoms with Gasteiger partial charge in [0, 0.05) is 29.9 Å². The van der Waals surface area contributed by atoms with E-state index in [1.807, 2.05) is 11.8 Å². The molecule has 0 N–H and O–H groups in total. The molecule has 0 bridgehead atoms. The molecule has 1 fully saturated rings. The summed E-state index contributed by atoms with van der Waals surface area (Å²) < 4.78 is 14.5. The predicted molar refractivity (Wildman–Crippen MR) is 65.1 cm³/mol. The normalized spacial score (nSPS) is 21.3. The molecule has 0 spiro atoms. The Balaban J connectivity index is 2.29. The predicted octanol–water partition coefficient (Wildman–Crippen LogP) is 3.15. The number of hydrogen-bond donors (Lipinski definition) is 0. The first kappa shape index (κ1) is 11.6. The van der Waals surface area contributed by atoms with E-state index in [9.17, 15) is 9.18 Å². The van der Waals surface area contributed by atoms with Gasteiger partial charge < -0.3 is 4.90 Å². The van der Waals surface area contributed by atoms with E-state index < -0.39 is 0 Å². The smallest absolute Gasteiger partial charge is 0.146 e. The van der Waals surface area contributed by atoms with Crippen LogP contribution in [0.3, 0.4) is 0 Å². The van der Waals surface area contributed by atoms with Crippen molar-refractivity contribution in [3.8, 4) is 0 Å². The third kappa shape index (κ3) is 2.26. The minimum Gasteiger partial charge on any atom is -0.366 e. The van der Waals surface area contributed by atoms with Crippen LogP contribution in [0.2, 0.25) is 0 Å². The Morgan fingerprint density at radius 2 is 2.25 bits per heavy atom. The van der Waals surface area contributed by atoms with Crippen LogP contribution in [0.4, 0.5) is 10.1 Å². The molecule has 4 heteroatoms. The summed E-state index contributed by atoms with van der Waals surface area (Å²) in [4.78, 5) is 13.2. The average Bonchev–Trinajstić information content (AvgIpc) is 2.22. The number of nitrogens with zero attached hydrogens (tertiary/aromatic N) is 1. The van der Waals surface area contributed by atoms with Gasteiger partial charge in [-0.3, -0.25) is 4.79 Å². The van der Waals surface area contributed by atoms with Crippen molar-refractivity contribution in [1.29, 1.82) is 0 Å². The van der Waals surface area contributed by atoms with Crippen LogP contribution in [0, 0.1) is 5.82 Å². The average molecular weight is 286 g/mol. The number of carbonyl (C=O) groups is 1. The molecular weight excluding hydrogens is 273 g/mol. The van der Waals surface area contributed by atoms with E-state index in [-0.39, 0.29) is 17.6 Å². The molecule has 0 aromatic heterocycles. The fourth-order valence-electron chi connectivity index (χ4n) is 2.07. The highest BCUT2D eigenvalue weighted by Gasteiger charge is 2.25. The molecule has 0 radical (unpaired) electrons. The zero-order valence-corrected chi connectivity index (χ0v) is 10.6. The molecule has 1 heterocycles. The molecule has 16 heavy (non-hydrogen) atoms. The van der Waals surface area contributed by atoms with E-state index in [2.05, 4.69) is 15.9 Å². The van der Waals surface area contributed by atoms with Crippen LogP contribution in [0.5, 0.6) is 0 Å². The highest BCUT2D eigenvalue weighted by atomic mass is 79.9. The quantitative estimate of drug-likeness (QED) is 0.790. The second-order valence-corrected chi connectivity index (χ2v) is 5.05. The van der Waals surface area contributed by atoms with Crippen LogP contribution in [-0.4, -0.2) is 18.4 Å². The SMILES string of the molecule is CC1CC(=O)CCN1c1cc(Br)ccc1F. The zero-order valence-electron chi connectivity index (χ0n) is 9.04. The lowest BCUT2D eigenvalue weighted by atomic mass is 10.0. The molecule has 1 unspecified atom stereocenters. The Labute approximate surface area is 103 Å². The van der Waals surface area contributed by atoms with Gasteiger partial charge in [-0.1, -0.05) is 15.9 Å². The van der Waals surface area contributed by atoms with E-state index in [4.69, 9.17) is 0 Å². The molecule has 1 aromatic carbocycles. The molecule has 2 nitrogen and oxygen atoms in total. The van der Waals surface area contributed by atoms with E-state index in [1.54, 1.807) is 12.1 Å². The van der Waals surface area contributed by atoms with E-state index in [0.29, 0.717) is 25.1 Å². The van der Waals surface area contributed by atoms with Gasteiger partial charge in [-0.15, -0.1) is 0 Å². The number of anilines is 1. The number of rotatable bonds is 1. The molecule has 0 saturated carbocycles. The summed E-state index contributed by atoms with van der Waals surface area (Å²) in [6.45, 7) is 2.56. The van der Waals surface area contributed by atoms with E-state index >= 15 is 0 Å². The van der Waals surface area contributed by atoms with Crippen molar-refractivity contribution < 1.29 is 9.18 Å². The third-order valence-electron chi connectivity index (χ3n) is 2.90. The van der Waals surface area contributed by atoms with Crippen molar-refractivity contribution in [3.05, 3.63) is 28.5 Å². The van der Waals surface area contributed by atoms with Crippen LogP contribution in [0.25, 0.3) is 0 Å². The zero-order chi connectivity index (χ0) is 11.7. The van der Waals surface area contributed by atoms with Crippen molar-refractivity contribution in [3.63, 3.8) is 0 Å². The topological polar surface area (TPSA) is 20.3 Å². The van der Waals surface area contributed by atoms with Crippen molar-refractivity contribution in [1.82, 2.24) is 0 Å². The monoisotopic (exact) mass is 285 g/mol. The standard InChI is InChI=1S/C12H13BrFNO/c1-8-6-10(16)4-5-15(8)12-7-9(13)2-3-11(12)14/h2-3,7-8H,4-6H2,1H3. The van der Waals surface area contributed by atoms with Gasteiger partial charge >= 0.3 is 0 Å². The van der Waals surface area contributed by atoms with Gasteiger partial charge in [0.25, 0.3) is 0 Å². The molecule has 86 valence electrons. The van der Waals surface area contributed by atoms with Gasteiger partial charge in [-0.25, -0.2) is 4.39 Å². The summed E-state index contributed by atoms with van der Waals surface area (Å²) in [5.74, 6) is 0.0311. The van der Waals surface area contributed by atoms with E-state index in [0.717, 1.165) is 4.47 Å². The minimum absolute atomic E-state index is 0.0741. The maximum absolute atomic E-state index is 13.7. The Hall–Kier alpha value is -0.900. The van der Waals surface area contributed by atoms with E-state index in [1.165, 1.54) is 6.07 Å². The number of benzene rings is 1. The van der Waals surface area contributed by atoms with Gasteiger partial charge in [0.1, 0.15) is 11.6 Å². The Morgan fingerprint density at radius 1 is 1.50 bits per heavy atom. The fraction of sp³-hybridized carbons (Fsp3) is 0.417.